The Kier molecular flexibility index (Phi) is 5.36. The van der Waals surface area contributed by atoms with Crippen molar-refractivity contribution in [2.75, 3.05) is 19.1 Å². The van der Waals surface area contributed by atoms with Gasteiger partial charge in [-0.25, -0.2) is 9.97 Å². The SMILES string of the molecule is COCc1cc(Nc2ncc(C)c(-c3cnn(CC4(CF)CCC4)c3)n2)sn1. The summed E-state index contributed by atoms with van der Waals surface area (Å²) in [4.78, 5) is 9.02. The lowest BCUT2D eigenvalue weighted by molar-refractivity contribution is 0.0648. The predicted octanol–water partition coefficient (Wildman–Crippen LogP) is 4.13. The van der Waals surface area contributed by atoms with Gasteiger partial charge in [-0.05, 0) is 42.9 Å². The molecule has 0 aliphatic heterocycles. The molecule has 3 heterocycles. The first-order valence-electron chi connectivity index (χ1n) is 9.25. The van der Waals surface area contributed by atoms with E-state index in [0.717, 1.165) is 46.8 Å². The molecular formula is C19H23FN6OS. The van der Waals surface area contributed by atoms with Crippen LogP contribution in [0.1, 0.15) is 30.5 Å². The molecule has 1 aliphatic rings. The molecule has 0 unspecified atom stereocenters. The number of nitrogens with one attached hydrogen (secondary N) is 1. The molecule has 1 N–H and O–H groups in total. The molecule has 3 aromatic heterocycles. The number of methoxy groups -OCH3 is 1. The van der Waals surface area contributed by atoms with Crippen LogP contribution >= 0.6 is 11.5 Å². The zero-order valence-corrected chi connectivity index (χ0v) is 16.8. The van der Waals surface area contributed by atoms with E-state index in [0.29, 0.717) is 19.1 Å². The Labute approximate surface area is 167 Å². The standard InChI is InChI=1S/C19H23FN6OS/c1-13-7-21-18(23-16-6-15(10-27-2)25-28-16)24-17(13)14-8-22-26(9-14)12-19(11-20)4-3-5-19/h6-9H,3-5,10-12H2,1-2H3,(H,21,23,24). The smallest absolute Gasteiger partial charge is 0.228 e. The molecule has 148 valence electrons. The number of ether oxygens (including phenoxy) is 1. The molecule has 1 aliphatic carbocycles. The number of aryl methyl sites for hydroxylation is 1. The van der Waals surface area contributed by atoms with Gasteiger partial charge in [0.15, 0.2) is 0 Å². The van der Waals surface area contributed by atoms with Gasteiger partial charge in [-0.15, -0.1) is 0 Å². The fourth-order valence-corrected chi connectivity index (χ4v) is 4.06. The van der Waals surface area contributed by atoms with Crippen LogP contribution in [0.2, 0.25) is 0 Å². The molecule has 28 heavy (non-hydrogen) atoms. The molecule has 0 bridgehead atoms. The normalized spacial score (nSPS) is 15.4. The zero-order valence-electron chi connectivity index (χ0n) is 16.0. The Morgan fingerprint density at radius 2 is 2.21 bits per heavy atom. The number of nitrogens with zero attached hydrogens (tertiary/aromatic N) is 5. The van der Waals surface area contributed by atoms with Crippen molar-refractivity contribution in [2.24, 2.45) is 5.41 Å². The van der Waals surface area contributed by atoms with E-state index < -0.39 is 0 Å². The van der Waals surface area contributed by atoms with Gasteiger partial charge in [-0.1, -0.05) is 6.42 Å². The average molecular weight is 402 g/mol. The zero-order chi connectivity index (χ0) is 19.6. The number of anilines is 2. The van der Waals surface area contributed by atoms with Crippen molar-refractivity contribution in [2.45, 2.75) is 39.3 Å². The van der Waals surface area contributed by atoms with Crippen LogP contribution < -0.4 is 5.32 Å². The van der Waals surface area contributed by atoms with E-state index in [9.17, 15) is 4.39 Å². The van der Waals surface area contributed by atoms with E-state index in [1.54, 1.807) is 19.5 Å². The first-order valence-corrected chi connectivity index (χ1v) is 10.0. The molecule has 0 atom stereocenters. The number of hydrogen-bond donors (Lipinski definition) is 1. The van der Waals surface area contributed by atoms with Gasteiger partial charge in [0.25, 0.3) is 0 Å². The van der Waals surface area contributed by atoms with Gasteiger partial charge in [0, 0.05) is 37.0 Å². The summed E-state index contributed by atoms with van der Waals surface area (Å²) in [6, 6.07) is 1.92. The maximum absolute atomic E-state index is 13.4. The first kappa shape index (κ1) is 18.9. The van der Waals surface area contributed by atoms with Crippen LogP contribution in [0.15, 0.2) is 24.7 Å². The maximum atomic E-state index is 13.4. The van der Waals surface area contributed by atoms with Gasteiger partial charge >= 0.3 is 0 Å². The number of alkyl halides is 1. The fraction of sp³-hybridized carbons (Fsp3) is 0.474. The van der Waals surface area contributed by atoms with Gasteiger partial charge in [0.1, 0.15) is 5.00 Å². The highest BCUT2D eigenvalue weighted by Crippen LogP contribution is 2.42. The second-order valence-corrected chi connectivity index (χ2v) is 8.18. The summed E-state index contributed by atoms with van der Waals surface area (Å²) in [5.41, 5.74) is 3.30. The summed E-state index contributed by atoms with van der Waals surface area (Å²) < 4.78 is 24.6. The van der Waals surface area contributed by atoms with Crippen LogP contribution in [0, 0.1) is 12.3 Å². The molecule has 7 nitrogen and oxygen atoms in total. The minimum atomic E-state index is -0.289. The third-order valence-corrected chi connectivity index (χ3v) is 5.90. The van der Waals surface area contributed by atoms with E-state index in [-0.39, 0.29) is 12.1 Å². The molecule has 0 aromatic carbocycles. The number of hydrogen-bond acceptors (Lipinski definition) is 7. The Morgan fingerprint density at radius 1 is 1.36 bits per heavy atom. The van der Waals surface area contributed by atoms with Crippen molar-refractivity contribution in [3.8, 4) is 11.3 Å². The van der Waals surface area contributed by atoms with Crippen LogP contribution in [0.3, 0.4) is 0 Å². The molecule has 3 aromatic rings. The van der Waals surface area contributed by atoms with Crippen LogP contribution in [0.5, 0.6) is 0 Å². The summed E-state index contributed by atoms with van der Waals surface area (Å²) in [6.45, 7) is 2.76. The lowest BCUT2D eigenvalue weighted by atomic mass is 9.70. The molecule has 0 radical (unpaired) electrons. The third-order valence-electron chi connectivity index (χ3n) is 5.16. The monoisotopic (exact) mass is 402 g/mol. The molecule has 4 rings (SSSR count). The van der Waals surface area contributed by atoms with Gasteiger partial charge in [0.05, 0.1) is 30.9 Å². The summed E-state index contributed by atoms with van der Waals surface area (Å²) >= 11 is 1.34. The van der Waals surface area contributed by atoms with E-state index in [1.165, 1.54) is 11.5 Å². The highest BCUT2D eigenvalue weighted by molar-refractivity contribution is 7.10. The quantitative estimate of drug-likeness (QED) is 0.610. The minimum absolute atomic E-state index is 0.233. The molecule has 1 fully saturated rings. The van der Waals surface area contributed by atoms with Gasteiger partial charge < -0.3 is 10.1 Å². The predicted molar refractivity (Wildman–Crippen MR) is 106 cm³/mol. The number of rotatable bonds is 8. The first-order chi connectivity index (χ1) is 13.6. The fourth-order valence-electron chi connectivity index (χ4n) is 3.42. The lowest BCUT2D eigenvalue weighted by Gasteiger charge is -2.39. The highest BCUT2D eigenvalue weighted by atomic mass is 32.1. The summed E-state index contributed by atoms with van der Waals surface area (Å²) in [7, 11) is 1.64. The van der Waals surface area contributed by atoms with Gasteiger partial charge in [-0.2, -0.15) is 9.47 Å². The van der Waals surface area contributed by atoms with Crippen LogP contribution in [0.25, 0.3) is 11.3 Å². The van der Waals surface area contributed by atoms with Crippen molar-refractivity contribution in [3.05, 3.63) is 35.9 Å². The van der Waals surface area contributed by atoms with Crippen molar-refractivity contribution >= 4 is 22.5 Å². The van der Waals surface area contributed by atoms with Crippen molar-refractivity contribution in [1.29, 1.82) is 0 Å². The Morgan fingerprint density at radius 3 is 2.93 bits per heavy atom. The molecule has 0 spiro atoms. The van der Waals surface area contributed by atoms with Crippen molar-refractivity contribution in [1.82, 2.24) is 24.1 Å². The maximum Gasteiger partial charge on any atom is 0.228 e. The minimum Gasteiger partial charge on any atom is -0.378 e. The molecule has 0 amide bonds. The number of aromatic nitrogens is 5. The topological polar surface area (TPSA) is 77.8 Å². The third kappa shape index (κ3) is 3.90. The second kappa shape index (κ2) is 7.92. The van der Waals surface area contributed by atoms with Crippen LogP contribution in [0.4, 0.5) is 15.3 Å². The number of halogens is 1. The van der Waals surface area contributed by atoms with Crippen molar-refractivity contribution < 1.29 is 9.13 Å². The molecular weight excluding hydrogens is 379 g/mol. The van der Waals surface area contributed by atoms with E-state index >= 15 is 0 Å². The summed E-state index contributed by atoms with van der Waals surface area (Å²) in [5, 5.41) is 8.48. The molecule has 9 heteroatoms. The lowest BCUT2D eigenvalue weighted by Crippen LogP contribution is -2.36. The Balaban J connectivity index is 1.52. The van der Waals surface area contributed by atoms with Crippen LogP contribution in [-0.4, -0.2) is 37.9 Å². The molecule has 1 saturated carbocycles. The van der Waals surface area contributed by atoms with Gasteiger partial charge in [0.2, 0.25) is 5.95 Å². The summed E-state index contributed by atoms with van der Waals surface area (Å²) in [6.07, 6.45) is 8.47. The Hall–Kier alpha value is -2.39. The highest BCUT2D eigenvalue weighted by Gasteiger charge is 2.37. The molecule has 0 saturated heterocycles. The van der Waals surface area contributed by atoms with Crippen molar-refractivity contribution in [3.63, 3.8) is 0 Å². The average Bonchev–Trinajstić information content (AvgIpc) is 3.30. The largest absolute Gasteiger partial charge is 0.378 e. The van der Waals surface area contributed by atoms with Gasteiger partial charge in [-0.3, -0.25) is 9.07 Å². The van der Waals surface area contributed by atoms with E-state index in [2.05, 4.69) is 24.8 Å². The summed E-state index contributed by atoms with van der Waals surface area (Å²) in [5.74, 6) is 0.500. The van der Waals surface area contributed by atoms with Crippen LogP contribution in [-0.2, 0) is 17.9 Å². The Bertz CT molecular complexity index is 946. The van der Waals surface area contributed by atoms with E-state index in [4.69, 9.17) is 4.74 Å². The van der Waals surface area contributed by atoms with E-state index in [1.807, 2.05) is 23.9 Å². The second-order valence-electron chi connectivity index (χ2n) is 7.38.